The zero-order valence-electron chi connectivity index (χ0n) is 14.3. The summed E-state index contributed by atoms with van der Waals surface area (Å²) in [5.41, 5.74) is 1.84. The fraction of sp³-hybridized carbons (Fsp3) is 0.556. The summed E-state index contributed by atoms with van der Waals surface area (Å²) < 4.78 is 0. The highest BCUT2D eigenvalue weighted by molar-refractivity contribution is 14.0. The van der Waals surface area contributed by atoms with Crippen molar-refractivity contribution < 1.29 is 0 Å². The lowest BCUT2D eigenvalue weighted by molar-refractivity contribution is 0.256. The van der Waals surface area contributed by atoms with E-state index in [1.807, 2.05) is 31.3 Å². The summed E-state index contributed by atoms with van der Waals surface area (Å²) in [5.74, 6) is 0.851. The number of nitrogens with one attached hydrogen (secondary N) is 2. The first-order valence-electron chi connectivity index (χ1n) is 8.41. The highest BCUT2D eigenvalue weighted by atomic mass is 127. The average Bonchev–Trinajstić information content (AvgIpc) is 3.35. The van der Waals surface area contributed by atoms with Crippen LogP contribution in [0.3, 0.4) is 0 Å². The molecule has 2 fully saturated rings. The smallest absolute Gasteiger partial charge is 0.191 e. The number of halogens is 1. The van der Waals surface area contributed by atoms with Gasteiger partial charge in [-0.2, -0.15) is 5.26 Å². The molecule has 24 heavy (non-hydrogen) atoms. The molecule has 1 aliphatic carbocycles. The first-order chi connectivity index (χ1) is 11.2. The minimum absolute atomic E-state index is 0. The molecule has 0 spiro atoms. The molecule has 2 aliphatic rings. The first kappa shape index (κ1) is 19.0. The quantitative estimate of drug-likeness (QED) is 0.430. The molecule has 2 N–H and O–H groups in total. The van der Waals surface area contributed by atoms with E-state index in [4.69, 9.17) is 5.26 Å². The number of nitriles is 1. The number of hydrogen-bond donors (Lipinski definition) is 2. The number of benzene rings is 1. The van der Waals surface area contributed by atoms with Crippen molar-refractivity contribution in [3.63, 3.8) is 0 Å². The minimum Gasteiger partial charge on any atom is -0.352 e. The van der Waals surface area contributed by atoms with Crippen molar-refractivity contribution in [3.05, 3.63) is 35.4 Å². The van der Waals surface area contributed by atoms with Crippen LogP contribution in [0.15, 0.2) is 29.3 Å². The standard InChI is InChI=1S/C18H25N5.HI/c1-13-9-16(12-23(13)17-7-8-17)22-18(20-2)21-11-15-5-3-14(10-19)4-6-15;/h3-6,13,16-17H,7-9,11-12H2,1-2H3,(H2,20,21,22);1H. The highest BCUT2D eigenvalue weighted by Crippen LogP contribution is 2.33. The molecule has 0 amide bonds. The summed E-state index contributed by atoms with van der Waals surface area (Å²) in [6, 6.07) is 11.7. The van der Waals surface area contributed by atoms with Crippen LogP contribution in [-0.2, 0) is 6.54 Å². The van der Waals surface area contributed by atoms with Gasteiger partial charge in [-0.25, -0.2) is 0 Å². The molecule has 0 bridgehead atoms. The second-order valence-electron chi connectivity index (χ2n) is 6.59. The summed E-state index contributed by atoms with van der Waals surface area (Å²) in [7, 11) is 1.81. The molecule has 1 aliphatic heterocycles. The molecule has 2 unspecified atom stereocenters. The van der Waals surface area contributed by atoms with Crippen LogP contribution >= 0.6 is 24.0 Å². The van der Waals surface area contributed by atoms with Gasteiger partial charge in [0, 0.05) is 38.3 Å². The lowest BCUT2D eigenvalue weighted by atomic mass is 10.1. The van der Waals surface area contributed by atoms with Gasteiger partial charge in [0.1, 0.15) is 0 Å². The maximum Gasteiger partial charge on any atom is 0.191 e. The third kappa shape index (κ3) is 4.84. The van der Waals surface area contributed by atoms with Gasteiger partial charge in [-0.1, -0.05) is 12.1 Å². The molecule has 1 aromatic carbocycles. The van der Waals surface area contributed by atoms with E-state index in [2.05, 4.69) is 33.5 Å². The Hall–Kier alpha value is -1.33. The first-order valence-corrected chi connectivity index (χ1v) is 8.41. The number of nitrogens with zero attached hydrogens (tertiary/aromatic N) is 3. The summed E-state index contributed by atoms with van der Waals surface area (Å²) in [6.07, 6.45) is 3.90. The average molecular weight is 439 g/mol. The molecular formula is C18H26IN5. The molecule has 6 heteroatoms. The van der Waals surface area contributed by atoms with Crippen LogP contribution in [0.5, 0.6) is 0 Å². The van der Waals surface area contributed by atoms with Crippen molar-refractivity contribution >= 4 is 29.9 Å². The van der Waals surface area contributed by atoms with E-state index in [1.54, 1.807) is 0 Å². The van der Waals surface area contributed by atoms with Crippen molar-refractivity contribution in [3.8, 4) is 6.07 Å². The SMILES string of the molecule is CN=C(NCc1ccc(C#N)cc1)NC1CC(C)N(C2CC2)C1.I. The number of likely N-dealkylation sites (tertiary alicyclic amines) is 1. The van der Waals surface area contributed by atoms with Gasteiger partial charge < -0.3 is 10.6 Å². The molecule has 130 valence electrons. The van der Waals surface area contributed by atoms with Crippen molar-refractivity contribution in [1.29, 1.82) is 5.26 Å². The van der Waals surface area contributed by atoms with Crippen molar-refractivity contribution in [2.75, 3.05) is 13.6 Å². The molecule has 5 nitrogen and oxygen atoms in total. The van der Waals surface area contributed by atoms with Crippen LogP contribution in [0.25, 0.3) is 0 Å². The Balaban J connectivity index is 0.00000208. The van der Waals surface area contributed by atoms with E-state index in [0.717, 1.165) is 24.1 Å². The van der Waals surface area contributed by atoms with Gasteiger partial charge in [-0.15, -0.1) is 24.0 Å². The van der Waals surface area contributed by atoms with E-state index in [-0.39, 0.29) is 24.0 Å². The van der Waals surface area contributed by atoms with Crippen molar-refractivity contribution in [2.45, 2.75) is 50.9 Å². The monoisotopic (exact) mass is 439 g/mol. The van der Waals surface area contributed by atoms with Gasteiger partial charge in [0.15, 0.2) is 5.96 Å². The minimum atomic E-state index is 0. The Morgan fingerprint density at radius 2 is 2.04 bits per heavy atom. The van der Waals surface area contributed by atoms with Crippen LogP contribution in [0, 0.1) is 11.3 Å². The summed E-state index contributed by atoms with van der Waals surface area (Å²) in [5, 5.41) is 15.7. The molecule has 2 atom stereocenters. The zero-order chi connectivity index (χ0) is 16.2. The molecule has 1 saturated carbocycles. The van der Waals surface area contributed by atoms with Gasteiger partial charge >= 0.3 is 0 Å². The van der Waals surface area contributed by atoms with Gasteiger partial charge in [0.25, 0.3) is 0 Å². The number of hydrogen-bond acceptors (Lipinski definition) is 3. The normalized spacial score (nSPS) is 24.1. The van der Waals surface area contributed by atoms with E-state index in [1.165, 1.54) is 19.3 Å². The zero-order valence-corrected chi connectivity index (χ0v) is 16.7. The number of rotatable bonds is 4. The second-order valence-corrected chi connectivity index (χ2v) is 6.59. The van der Waals surface area contributed by atoms with Crippen molar-refractivity contribution in [1.82, 2.24) is 15.5 Å². The van der Waals surface area contributed by atoms with Crippen LogP contribution in [-0.4, -0.2) is 42.6 Å². The maximum atomic E-state index is 8.83. The third-order valence-electron chi connectivity index (χ3n) is 4.75. The molecule has 1 aromatic rings. The summed E-state index contributed by atoms with van der Waals surface area (Å²) >= 11 is 0. The van der Waals surface area contributed by atoms with E-state index in [0.29, 0.717) is 24.2 Å². The summed E-state index contributed by atoms with van der Waals surface area (Å²) in [6.45, 7) is 4.15. The largest absolute Gasteiger partial charge is 0.352 e. The maximum absolute atomic E-state index is 8.83. The van der Waals surface area contributed by atoms with Crippen LogP contribution < -0.4 is 10.6 Å². The Bertz CT molecular complexity index is 603. The fourth-order valence-electron chi connectivity index (χ4n) is 3.35. The van der Waals surface area contributed by atoms with Gasteiger partial charge in [-0.05, 0) is 43.9 Å². The highest BCUT2D eigenvalue weighted by Gasteiger charge is 2.38. The molecule has 3 rings (SSSR count). The molecular weight excluding hydrogens is 413 g/mol. The molecule has 1 saturated heterocycles. The molecule has 0 radical (unpaired) electrons. The van der Waals surface area contributed by atoms with Gasteiger partial charge in [0.05, 0.1) is 11.6 Å². The third-order valence-corrected chi connectivity index (χ3v) is 4.75. The topological polar surface area (TPSA) is 63.5 Å². The van der Waals surface area contributed by atoms with Gasteiger partial charge in [0.2, 0.25) is 0 Å². The molecule has 1 heterocycles. The lowest BCUT2D eigenvalue weighted by Crippen LogP contribution is -2.44. The van der Waals surface area contributed by atoms with Crippen LogP contribution in [0.4, 0.5) is 0 Å². The van der Waals surface area contributed by atoms with Gasteiger partial charge in [-0.3, -0.25) is 9.89 Å². The summed E-state index contributed by atoms with van der Waals surface area (Å²) in [4.78, 5) is 6.96. The Labute approximate surface area is 161 Å². The number of aliphatic imine (C=N–C) groups is 1. The Morgan fingerprint density at radius 1 is 1.33 bits per heavy atom. The number of guanidine groups is 1. The predicted octanol–water partition coefficient (Wildman–Crippen LogP) is 2.47. The van der Waals surface area contributed by atoms with Crippen molar-refractivity contribution in [2.24, 2.45) is 4.99 Å². The predicted molar refractivity (Wildman–Crippen MR) is 108 cm³/mol. The van der Waals surface area contributed by atoms with Crippen LogP contribution in [0.2, 0.25) is 0 Å². The Morgan fingerprint density at radius 3 is 2.62 bits per heavy atom. The fourth-order valence-corrected chi connectivity index (χ4v) is 3.35. The second kappa shape index (κ2) is 8.67. The van der Waals surface area contributed by atoms with E-state index < -0.39 is 0 Å². The molecule has 0 aromatic heterocycles. The van der Waals surface area contributed by atoms with E-state index in [9.17, 15) is 0 Å². The van der Waals surface area contributed by atoms with Crippen LogP contribution in [0.1, 0.15) is 37.3 Å². The van der Waals surface area contributed by atoms with E-state index >= 15 is 0 Å². The lowest BCUT2D eigenvalue weighted by Gasteiger charge is -2.20. The Kier molecular flexibility index (Phi) is 6.87.